The highest BCUT2D eigenvalue weighted by molar-refractivity contribution is 5.98. The number of nitrogens with one attached hydrogen (secondary N) is 2. The number of rotatable bonds is 6. The van der Waals surface area contributed by atoms with Crippen molar-refractivity contribution in [3.05, 3.63) is 84.6 Å². The van der Waals surface area contributed by atoms with E-state index in [0.29, 0.717) is 28.7 Å². The Bertz CT molecular complexity index is 1270. The Labute approximate surface area is 177 Å². The number of aromatic nitrogens is 1. The van der Waals surface area contributed by atoms with Crippen LogP contribution in [0.15, 0.2) is 79.0 Å². The molecule has 1 heterocycles. The third kappa shape index (κ3) is 4.54. The molecule has 0 spiro atoms. The maximum Gasteiger partial charge on any atom is 0.335 e. The molecule has 0 bridgehead atoms. The highest BCUT2D eigenvalue weighted by Gasteiger charge is 2.12. The number of aromatic carboxylic acids is 1. The van der Waals surface area contributed by atoms with Crippen molar-refractivity contribution in [1.82, 2.24) is 4.98 Å². The van der Waals surface area contributed by atoms with E-state index in [0.717, 1.165) is 10.8 Å². The van der Waals surface area contributed by atoms with Crippen molar-refractivity contribution in [2.45, 2.75) is 0 Å². The molecule has 0 fully saturated rings. The second kappa shape index (κ2) is 8.42. The fourth-order valence-corrected chi connectivity index (χ4v) is 3.09. The summed E-state index contributed by atoms with van der Waals surface area (Å²) in [6.07, 6.45) is 1.58. The molecule has 0 saturated heterocycles. The Morgan fingerprint density at radius 3 is 2.48 bits per heavy atom. The van der Waals surface area contributed by atoms with Gasteiger partial charge in [-0.3, -0.25) is 0 Å². The van der Waals surface area contributed by atoms with Crippen molar-refractivity contribution in [2.24, 2.45) is 5.73 Å². The van der Waals surface area contributed by atoms with Crippen LogP contribution >= 0.6 is 0 Å². The number of primary amides is 1. The third-order valence-corrected chi connectivity index (χ3v) is 4.49. The SMILES string of the molecule is NC(=O)Nc1ccc2ccccc2c1Oc1ccnc(Nc2ccc(C(=O)O)cc2)c1. The topological polar surface area (TPSA) is 127 Å². The molecule has 5 N–H and O–H groups in total. The number of nitrogens with two attached hydrogens (primary N) is 1. The van der Waals surface area contributed by atoms with Gasteiger partial charge in [-0.2, -0.15) is 0 Å². The van der Waals surface area contributed by atoms with E-state index in [9.17, 15) is 9.59 Å². The quantitative estimate of drug-likeness (QED) is 0.353. The average molecular weight is 414 g/mol. The summed E-state index contributed by atoms with van der Waals surface area (Å²) in [5, 5.41) is 16.5. The zero-order valence-corrected chi connectivity index (χ0v) is 16.2. The van der Waals surface area contributed by atoms with Crippen LogP contribution in [0, 0.1) is 0 Å². The van der Waals surface area contributed by atoms with E-state index in [1.807, 2.05) is 30.3 Å². The third-order valence-electron chi connectivity index (χ3n) is 4.49. The van der Waals surface area contributed by atoms with Gasteiger partial charge < -0.3 is 26.2 Å². The molecule has 8 nitrogen and oxygen atoms in total. The summed E-state index contributed by atoms with van der Waals surface area (Å²) in [5.41, 5.74) is 6.63. The smallest absolute Gasteiger partial charge is 0.335 e. The summed E-state index contributed by atoms with van der Waals surface area (Å²) in [7, 11) is 0. The standard InChI is InChI=1S/C23H18N4O4/c24-23(30)27-19-10-7-14-3-1-2-4-18(14)21(19)31-17-11-12-25-20(13-17)26-16-8-5-15(6-9-16)22(28)29/h1-13H,(H,25,26)(H,28,29)(H3,24,27,30). The monoisotopic (exact) mass is 414 g/mol. The van der Waals surface area contributed by atoms with E-state index in [2.05, 4.69) is 15.6 Å². The normalized spacial score (nSPS) is 10.5. The van der Waals surface area contributed by atoms with Gasteiger partial charge in [0, 0.05) is 23.3 Å². The van der Waals surface area contributed by atoms with Gasteiger partial charge in [0.25, 0.3) is 0 Å². The molecule has 0 aliphatic carbocycles. The molecule has 2 amide bonds. The number of carbonyl (C=O) groups excluding carboxylic acids is 1. The number of hydrogen-bond donors (Lipinski definition) is 4. The predicted molar refractivity (Wildman–Crippen MR) is 118 cm³/mol. The zero-order valence-electron chi connectivity index (χ0n) is 16.2. The van der Waals surface area contributed by atoms with Crippen LogP contribution in [0.3, 0.4) is 0 Å². The van der Waals surface area contributed by atoms with E-state index < -0.39 is 12.0 Å². The summed E-state index contributed by atoms with van der Waals surface area (Å²) < 4.78 is 6.12. The molecule has 8 heteroatoms. The van der Waals surface area contributed by atoms with Gasteiger partial charge >= 0.3 is 12.0 Å². The molecule has 4 rings (SSSR count). The molecule has 0 aliphatic rings. The molecule has 154 valence electrons. The molecule has 0 aliphatic heterocycles. The van der Waals surface area contributed by atoms with E-state index >= 15 is 0 Å². The van der Waals surface area contributed by atoms with Crippen molar-refractivity contribution < 1.29 is 19.4 Å². The fourth-order valence-electron chi connectivity index (χ4n) is 3.09. The fraction of sp³-hybridized carbons (Fsp3) is 0. The van der Waals surface area contributed by atoms with Crippen molar-refractivity contribution in [1.29, 1.82) is 0 Å². The minimum atomic E-state index is -0.990. The number of anilines is 3. The maximum absolute atomic E-state index is 11.4. The Balaban J connectivity index is 1.63. The van der Waals surface area contributed by atoms with Crippen molar-refractivity contribution in [3.8, 4) is 11.5 Å². The van der Waals surface area contributed by atoms with E-state index in [1.165, 1.54) is 12.1 Å². The Morgan fingerprint density at radius 1 is 0.968 bits per heavy atom. The number of nitrogens with zero attached hydrogens (tertiary/aromatic N) is 1. The number of ether oxygens (including phenoxy) is 1. The minimum absolute atomic E-state index is 0.195. The van der Waals surface area contributed by atoms with Crippen LogP contribution in [0.25, 0.3) is 10.8 Å². The molecule has 31 heavy (non-hydrogen) atoms. The van der Waals surface area contributed by atoms with Crippen LogP contribution in [0.5, 0.6) is 11.5 Å². The van der Waals surface area contributed by atoms with Crippen molar-refractivity contribution in [3.63, 3.8) is 0 Å². The lowest BCUT2D eigenvalue weighted by atomic mass is 10.1. The van der Waals surface area contributed by atoms with Crippen molar-refractivity contribution >= 4 is 40.0 Å². The molecular weight excluding hydrogens is 396 g/mol. The summed E-state index contributed by atoms with van der Waals surface area (Å²) in [5.74, 6) is 0.462. The van der Waals surface area contributed by atoms with Crippen LogP contribution < -0.4 is 21.1 Å². The molecule has 4 aromatic rings. The van der Waals surface area contributed by atoms with Crippen LogP contribution in [0.4, 0.5) is 22.0 Å². The Hall–Kier alpha value is -4.59. The van der Waals surface area contributed by atoms with Gasteiger partial charge in [-0.25, -0.2) is 14.6 Å². The summed E-state index contributed by atoms with van der Waals surface area (Å²) >= 11 is 0. The first-order valence-corrected chi connectivity index (χ1v) is 9.32. The first kappa shape index (κ1) is 19.7. The number of benzene rings is 3. The van der Waals surface area contributed by atoms with Crippen LogP contribution in [-0.2, 0) is 0 Å². The molecule has 0 saturated carbocycles. The van der Waals surface area contributed by atoms with Crippen molar-refractivity contribution in [2.75, 3.05) is 10.6 Å². The van der Waals surface area contributed by atoms with E-state index in [4.69, 9.17) is 15.6 Å². The first-order valence-electron chi connectivity index (χ1n) is 9.32. The lowest BCUT2D eigenvalue weighted by Gasteiger charge is -2.15. The van der Waals surface area contributed by atoms with E-state index in [1.54, 1.807) is 36.5 Å². The largest absolute Gasteiger partial charge is 0.478 e. The van der Waals surface area contributed by atoms with Crippen LogP contribution in [-0.4, -0.2) is 22.1 Å². The highest BCUT2D eigenvalue weighted by Crippen LogP contribution is 2.37. The van der Waals surface area contributed by atoms with Gasteiger partial charge in [0.1, 0.15) is 11.6 Å². The second-order valence-corrected chi connectivity index (χ2v) is 6.64. The first-order chi connectivity index (χ1) is 15.0. The van der Waals surface area contributed by atoms with Gasteiger partial charge in [-0.1, -0.05) is 30.3 Å². The molecule has 0 atom stereocenters. The van der Waals surface area contributed by atoms with Gasteiger partial charge in [0.2, 0.25) is 0 Å². The lowest BCUT2D eigenvalue weighted by Crippen LogP contribution is -2.19. The molecular formula is C23H18N4O4. The number of fused-ring (bicyclic) bond motifs is 1. The van der Waals surface area contributed by atoms with Gasteiger partial charge in [0.05, 0.1) is 11.3 Å². The summed E-state index contributed by atoms with van der Waals surface area (Å²) in [6, 6.07) is 20.2. The van der Waals surface area contributed by atoms with Crippen LogP contribution in [0.1, 0.15) is 10.4 Å². The number of carboxylic acids is 1. The van der Waals surface area contributed by atoms with Gasteiger partial charge in [0.15, 0.2) is 5.75 Å². The van der Waals surface area contributed by atoms with Gasteiger partial charge in [-0.15, -0.1) is 0 Å². The number of amides is 2. The predicted octanol–water partition coefficient (Wildman–Crippen LogP) is 4.96. The average Bonchev–Trinajstić information content (AvgIpc) is 2.76. The summed E-state index contributed by atoms with van der Waals surface area (Å²) in [4.78, 5) is 26.7. The van der Waals surface area contributed by atoms with E-state index in [-0.39, 0.29) is 5.56 Å². The lowest BCUT2D eigenvalue weighted by molar-refractivity contribution is 0.0697. The molecule has 1 aromatic heterocycles. The Morgan fingerprint density at radius 2 is 1.74 bits per heavy atom. The number of carboxylic acid groups (broad SMARTS) is 1. The Kier molecular flexibility index (Phi) is 5.35. The number of urea groups is 1. The highest BCUT2D eigenvalue weighted by atomic mass is 16.5. The maximum atomic E-state index is 11.4. The molecule has 0 radical (unpaired) electrons. The number of carbonyl (C=O) groups is 2. The molecule has 3 aromatic carbocycles. The van der Waals surface area contributed by atoms with Gasteiger partial charge in [-0.05, 0) is 41.8 Å². The minimum Gasteiger partial charge on any atom is -0.478 e. The molecule has 0 unspecified atom stereocenters. The number of pyridine rings is 1. The number of hydrogen-bond acceptors (Lipinski definition) is 5. The zero-order chi connectivity index (χ0) is 21.8. The van der Waals surface area contributed by atoms with Crippen LogP contribution in [0.2, 0.25) is 0 Å². The summed E-state index contributed by atoms with van der Waals surface area (Å²) in [6.45, 7) is 0. The second-order valence-electron chi connectivity index (χ2n) is 6.64.